The Bertz CT molecular complexity index is 2050. The summed E-state index contributed by atoms with van der Waals surface area (Å²) in [6, 6.07) is 31.2. The number of rotatable bonds is 10. The summed E-state index contributed by atoms with van der Waals surface area (Å²) in [4.78, 5) is 21.7. The van der Waals surface area contributed by atoms with Crippen molar-refractivity contribution in [1.29, 1.82) is 0 Å². The monoisotopic (exact) mass is 802 g/mol. The summed E-state index contributed by atoms with van der Waals surface area (Å²) in [6.07, 6.45) is 0. The molecule has 0 atom stereocenters. The molecule has 0 fully saturated rings. The number of aromatic nitrogens is 2. The maximum Gasteiger partial charge on any atom is 0.269 e. The lowest BCUT2D eigenvalue weighted by Gasteiger charge is -2.32. The van der Waals surface area contributed by atoms with Crippen molar-refractivity contribution >= 4 is 33.2 Å². The van der Waals surface area contributed by atoms with Gasteiger partial charge in [0.05, 0.1) is 51.1 Å². The lowest BCUT2D eigenvalue weighted by Crippen LogP contribution is -3.00. The second-order valence-corrected chi connectivity index (χ2v) is 14.4. The van der Waals surface area contributed by atoms with Gasteiger partial charge < -0.3 is 52.1 Å². The van der Waals surface area contributed by atoms with E-state index in [1.54, 1.807) is 24.3 Å². The Morgan fingerprint density at radius 2 is 0.880 bits per heavy atom. The third kappa shape index (κ3) is 7.11. The molecule has 0 bridgehead atoms. The van der Waals surface area contributed by atoms with E-state index in [9.17, 15) is 20.2 Å². The van der Waals surface area contributed by atoms with Crippen LogP contribution in [0.1, 0.15) is 33.6 Å². The number of halogens is 2. The number of para-hydroxylation sites is 2. The number of non-ortho nitro benzene ring substituents is 2. The maximum absolute atomic E-state index is 11.2. The zero-order valence-electron chi connectivity index (χ0n) is 28.6. The third-order valence-corrected chi connectivity index (χ3v) is 9.69. The second-order valence-electron chi connectivity index (χ2n) is 14.4. The van der Waals surface area contributed by atoms with Gasteiger partial charge in [-0.1, -0.05) is 36.4 Å². The molecule has 6 aromatic rings. The fourth-order valence-electron chi connectivity index (χ4n) is 7.63. The predicted octanol–water partition coefficient (Wildman–Crippen LogP) is 1.38. The van der Waals surface area contributed by atoms with Crippen molar-refractivity contribution in [2.24, 2.45) is 0 Å². The predicted molar refractivity (Wildman–Crippen MR) is 187 cm³/mol. The molecule has 10 nitrogen and oxygen atoms in total. The van der Waals surface area contributed by atoms with Crippen LogP contribution in [0.3, 0.4) is 0 Å². The molecule has 0 aliphatic carbocycles. The van der Waals surface area contributed by atoms with E-state index in [4.69, 9.17) is 0 Å². The van der Waals surface area contributed by atoms with E-state index in [1.807, 2.05) is 24.3 Å². The third-order valence-electron chi connectivity index (χ3n) is 9.69. The number of nitro groups is 2. The van der Waals surface area contributed by atoms with Crippen LogP contribution in [0.5, 0.6) is 0 Å². The zero-order valence-corrected chi connectivity index (χ0v) is 31.7. The van der Waals surface area contributed by atoms with Crippen LogP contribution in [0.4, 0.5) is 11.4 Å². The van der Waals surface area contributed by atoms with Gasteiger partial charge in [-0.25, -0.2) is 0 Å². The normalized spacial score (nSPS) is 12.6. The lowest BCUT2D eigenvalue weighted by molar-refractivity contribution is -0.916. The molecule has 1 aliphatic heterocycles. The van der Waals surface area contributed by atoms with Gasteiger partial charge in [-0.05, 0) is 36.4 Å². The molecule has 0 saturated heterocycles. The molecular weight excluding hydrogens is 764 g/mol. The van der Waals surface area contributed by atoms with Crippen LogP contribution in [-0.2, 0) is 39.3 Å². The van der Waals surface area contributed by atoms with E-state index < -0.39 is 0 Å². The Balaban J connectivity index is 0.00000243. The van der Waals surface area contributed by atoms with Crippen LogP contribution in [0, 0.1) is 20.2 Å². The molecule has 0 saturated carbocycles. The van der Waals surface area contributed by atoms with Crippen molar-refractivity contribution in [2.45, 2.75) is 39.3 Å². The topological polar surface area (TPSA) is 96.1 Å². The standard InChI is InChI=1S/C38H40N6O4.2BrH/c1-43(2,23-27-13-17-29(18-14-27)41(45)46)25-33-31-9-5-7-11-35(31)39-22-38-34(32-10-6-8-12-36(32)40(38)21-37(33)39)26-44(3,4)24-28-15-19-30(20-16-28)42(47)48;;/h5-20H,21-26H2,1-4H3;2*1H/q+2;;/p-2. The highest BCUT2D eigenvalue weighted by atomic mass is 79.9. The van der Waals surface area contributed by atoms with E-state index in [0.29, 0.717) is 8.97 Å². The molecular formula is C38H40Br2N6O4. The average Bonchev–Trinajstić information content (AvgIpc) is 3.51. The highest BCUT2D eigenvalue weighted by molar-refractivity contribution is 5.88. The van der Waals surface area contributed by atoms with Crippen molar-refractivity contribution in [3.05, 3.63) is 151 Å². The average molecular weight is 805 g/mol. The van der Waals surface area contributed by atoms with Crippen molar-refractivity contribution in [3.8, 4) is 0 Å². The minimum atomic E-state index is -0.354. The first-order valence-electron chi connectivity index (χ1n) is 16.2. The summed E-state index contributed by atoms with van der Waals surface area (Å²) >= 11 is 0. The quantitative estimate of drug-likeness (QED) is 0.119. The van der Waals surface area contributed by atoms with Gasteiger partial charge in [0.15, 0.2) is 0 Å². The van der Waals surface area contributed by atoms with Gasteiger partial charge in [0.2, 0.25) is 0 Å². The van der Waals surface area contributed by atoms with E-state index in [0.717, 1.165) is 50.4 Å². The molecule has 7 rings (SSSR count). The first kappa shape index (κ1) is 36.9. The van der Waals surface area contributed by atoms with Crippen LogP contribution in [0.25, 0.3) is 21.8 Å². The van der Waals surface area contributed by atoms with Crippen molar-refractivity contribution < 1.29 is 52.8 Å². The number of hydrogen-bond donors (Lipinski definition) is 0. The van der Waals surface area contributed by atoms with Crippen LogP contribution < -0.4 is 34.0 Å². The van der Waals surface area contributed by atoms with E-state index in [-0.39, 0.29) is 55.2 Å². The van der Waals surface area contributed by atoms with Gasteiger partial charge in [-0.2, -0.15) is 0 Å². The van der Waals surface area contributed by atoms with Gasteiger partial charge in [0, 0.05) is 79.7 Å². The lowest BCUT2D eigenvalue weighted by atomic mass is 10.1. The molecule has 0 N–H and O–H groups in total. The van der Waals surface area contributed by atoms with Crippen molar-refractivity contribution in [3.63, 3.8) is 0 Å². The number of quaternary nitrogens is 2. The Labute approximate surface area is 312 Å². The number of nitrogens with zero attached hydrogens (tertiary/aromatic N) is 6. The summed E-state index contributed by atoms with van der Waals surface area (Å²) in [6.45, 7) is 4.68. The summed E-state index contributed by atoms with van der Waals surface area (Å²) in [5.74, 6) is 0. The molecule has 0 unspecified atom stereocenters. The van der Waals surface area contributed by atoms with Crippen LogP contribution in [0.2, 0.25) is 0 Å². The molecule has 12 heteroatoms. The minimum Gasteiger partial charge on any atom is -1.00 e. The zero-order chi connectivity index (χ0) is 33.8. The summed E-state index contributed by atoms with van der Waals surface area (Å²) in [5.41, 5.74) is 10.2. The molecule has 4 aromatic carbocycles. The molecule has 0 spiro atoms. The van der Waals surface area contributed by atoms with Gasteiger partial charge >= 0.3 is 0 Å². The first-order chi connectivity index (χ1) is 22.9. The van der Waals surface area contributed by atoms with Gasteiger partial charge in [-0.3, -0.25) is 20.2 Å². The second kappa shape index (κ2) is 14.1. The molecule has 3 heterocycles. The number of fused-ring (bicyclic) bond motifs is 6. The van der Waals surface area contributed by atoms with E-state index >= 15 is 0 Å². The molecule has 0 amide bonds. The largest absolute Gasteiger partial charge is 1.00 e. The van der Waals surface area contributed by atoms with Gasteiger partial charge in [0.1, 0.15) is 26.2 Å². The van der Waals surface area contributed by atoms with Crippen molar-refractivity contribution in [1.82, 2.24) is 9.13 Å². The fourth-order valence-corrected chi connectivity index (χ4v) is 7.63. The first-order valence-corrected chi connectivity index (χ1v) is 16.2. The van der Waals surface area contributed by atoms with Crippen molar-refractivity contribution in [2.75, 3.05) is 28.2 Å². The van der Waals surface area contributed by atoms with Crippen LogP contribution >= 0.6 is 0 Å². The maximum atomic E-state index is 11.2. The Hall–Kier alpha value is -4.36. The fraction of sp³-hybridized carbons (Fsp3) is 0.263. The highest BCUT2D eigenvalue weighted by Gasteiger charge is 2.32. The number of nitro benzene ring substituents is 2. The number of benzene rings is 4. The Morgan fingerprint density at radius 3 is 1.22 bits per heavy atom. The smallest absolute Gasteiger partial charge is 0.269 e. The SMILES string of the molecule is C[N+](C)(Cc1ccc([N+](=O)[O-])cc1)Cc1c2n(c3ccccc13)Cc1c(C[N+](C)(C)Cc3ccc([N+](=O)[O-])cc3)c3ccccc3n1C2.[Br-].[Br-]. The molecule has 0 radical (unpaired) electrons. The van der Waals surface area contributed by atoms with E-state index in [2.05, 4.69) is 85.9 Å². The molecule has 50 heavy (non-hydrogen) atoms. The highest BCUT2D eigenvalue weighted by Crippen LogP contribution is 2.38. The molecule has 2 aromatic heterocycles. The molecule has 260 valence electrons. The van der Waals surface area contributed by atoms with E-state index in [1.165, 1.54) is 44.3 Å². The summed E-state index contributed by atoms with van der Waals surface area (Å²) < 4.78 is 6.42. The summed E-state index contributed by atoms with van der Waals surface area (Å²) in [7, 11) is 8.90. The summed E-state index contributed by atoms with van der Waals surface area (Å²) in [5, 5.41) is 24.9. The van der Waals surface area contributed by atoms with Crippen LogP contribution in [0.15, 0.2) is 97.1 Å². The number of hydrogen-bond acceptors (Lipinski definition) is 4. The Kier molecular flexibility index (Phi) is 10.4. The van der Waals surface area contributed by atoms with Gasteiger partial charge in [0.25, 0.3) is 11.4 Å². The van der Waals surface area contributed by atoms with Crippen LogP contribution in [-0.4, -0.2) is 56.1 Å². The molecule has 1 aliphatic rings. The Morgan fingerprint density at radius 1 is 0.540 bits per heavy atom. The minimum absolute atomic E-state index is 0. The van der Waals surface area contributed by atoms with Gasteiger partial charge in [-0.15, -0.1) is 0 Å².